The topological polar surface area (TPSA) is 43.4 Å². The predicted octanol–water partition coefficient (Wildman–Crippen LogP) is 4.27. The van der Waals surface area contributed by atoms with E-state index in [4.69, 9.17) is 4.74 Å². The lowest BCUT2D eigenvalue weighted by Gasteiger charge is -2.35. The van der Waals surface area contributed by atoms with Gasteiger partial charge in [-0.2, -0.15) is 0 Å². The number of benzene rings is 1. The number of hydrogen-bond donors (Lipinski definition) is 0. The third kappa shape index (κ3) is 4.42. The Morgan fingerprint density at radius 3 is 2.14 bits per heavy atom. The molecule has 0 radical (unpaired) electrons. The smallest absolute Gasteiger partial charge is 0.379 e. The summed E-state index contributed by atoms with van der Waals surface area (Å²) in [4.78, 5) is 23.9. The van der Waals surface area contributed by atoms with Gasteiger partial charge in [0.2, 0.25) is 0 Å². The summed E-state index contributed by atoms with van der Waals surface area (Å²) < 4.78 is 5.27. The largest absolute Gasteiger partial charge is 0.459 e. The van der Waals surface area contributed by atoms with Crippen molar-refractivity contribution >= 4 is 11.8 Å². The first-order valence-electron chi connectivity index (χ1n) is 7.75. The molecule has 0 N–H and O–H groups in total. The molecule has 0 amide bonds. The SMILES string of the molecule is CCC(COC(=O)C(=O)c1ccccc1)C(C)(CC)CC. The Kier molecular flexibility index (Phi) is 6.60. The Labute approximate surface area is 127 Å². The number of Topliss-reactive ketones (excluding diaryl/α,β-unsaturated/α-hetero) is 1. The molecule has 0 aliphatic rings. The summed E-state index contributed by atoms with van der Waals surface area (Å²) in [5, 5.41) is 0. The number of esters is 1. The average molecular weight is 290 g/mol. The molecular weight excluding hydrogens is 264 g/mol. The van der Waals surface area contributed by atoms with Crippen LogP contribution in [-0.4, -0.2) is 18.4 Å². The minimum atomic E-state index is -0.755. The molecule has 21 heavy (non-hydrogen) atoms. The highest BCUT2D eigenvalue weighted by Crippen LogP contribution is 2.36. The van der Waals surface area contributed by atoms with Crippen molar-refractivity contribution < 1.29 is 14.3 Å². The zero-order valence-electron chi connectivity index (χ0n) is 13.5. The van der Waals surface area contributed by atoms with Crippen LogP contribution in [-0.2, 0) is 9.53 Å². The van der Waals surface area contributed by atoms with Crippen molar-refractivity contribution in [1.82, 2.24) is 0 Å². The highest BCUT2D eigenvalue weighted by atomic mass is 16.5. The van der Waals surface area contributed by atoms with Gasteiger partial charge in [0, 0.05) is 5.56 Å². The molecule has 0 saturated carbocycles. The van der Waals surface area contributed by atoms with Crippen molar-refractivity contribution in [3.05, 3.63) is 35.9 Å². The second-order valence-electron chi connectivity index (χ2n) is 5.76. The lowest BCUT2D eigenvalue weighted by atomic mass is 9.72. The molecule has 1 unspecified atom stereocenters. The van der Waals surface area contributed by atoms with Crippen LogP contribution in [0.2, 0.25) is 0 Å². The Hall–Kier alpha value is -1.64. The number of ketones is 1. The van der Waals surface area contributed by atoms with Crippen molar-refractivity contribution in [2.45, 2.75) is 47.0 Å². The van der Waals surface area contributed by atoms with E-state index in [0.29, 0.717) is 12.2 Å². The maximum absolute atomic E-state index is 12.0. The molecule has 1 aromatic rings. The van der Waals surface area contributed by atoms with Crippen LogP contribution in [0.4, 0.5) is 0 Å². The van der Waals surface area contributed by atoms with Gasteiger partial charge in [0.1, 0.15) is 0 Å². The quantitative estimate of drug-likeness (QED) is 0.408. The van der Waals surface area contributed by atoms with E-state index in [1.165, 1.54) is 0 Å². The van der Waals surface area contributed by atoms with Gasteiger partial charge >= 0.3 is 5.97 Å². The molecule has 3 heteroatoms. The number of carbonyl (C=O) groups excluding carboxylic acids is 2. The average Bonchev–Trinajstić information content (AvgIpc) is 2.54. The molecule has 0 aromatic heterocycles. The van der Waals surface area contributed by atoms with Crippen molar-refractivity contribution in [1.29, 1.82) is 0 Å². The van der Waals surface area contributed by atoms with Crippen LogP contribution in [0.1, 0.15) is 57.3 Å². The fourth-order valence-electron chi connectivity index (χ4n) is 2.59. The number of rotatable bonds is 8. The Morgan fingerprint density at radius 2 is 1.67 bits per heavy atom. The van der Waals surface area contributed by atoms with E-state index in [2.05, 4.69) is 27.7 Å². The molecule has 0 heterocycles. The summed E-state index contributed by atoms with van der Waals surface area (Å²) in [6.07, 6.45) is 3.00. The lowest BCUT2D eigenvalue weighted by molar-refractivity contribution is -0.141. The van der Waals surface area contributed by atoms with E-state index in [-0.39, 0.29) is 11.3 Å². The van der Waals surface area contributed by atoms with E-state index >= 15 is 0 Å². The van der Waals surface area contributed by atoms with E-state index in [1.807, 2.05) is 6.07 Å². The van der Waals surface area contributed by atoms with Crippen LogP contribution >= 0.6 is 0 Å². The minimum Gasteiger partial charge on any atom is -0.459 e. The standard InChI is InChI=1S/C18H26O3/c1-5-15(18(4,6-2)7-3)13-21-17(20)16(19)14-11-9-8-10-12-14/h8-12,15H,5-7,13H2,1-4H3. The van der Waals surface area contributed by atoms with E-state index in [0.717, 1.165) is 19.3 Å². The molecular formula is C18H26O3. The molecule has 0 aliphatic carbocycles. The zero-order chi connectivity index (χ0) is 15.9. The van der Waals surface area contributed by atoms with Crippen molar-refractivity contribution in [3.8, 4) is 0 Å². The number of ether oxygens (including phenoxy) is 1. The molecule has 0 aliphatic heterocycles. The minimum absolute atomic E-state index is 0.144. The van der Waals surface area contributed by atoms with Crippen LogP contribution in [0, 0.1) is 11.3 Å². The summed E-state index contributed by atoms with van der Waals surface area (Å²) in [6, 6.07) is 8.54. The van der Waals surface area contributed by atoms with E-state index in [1.54, 1.807) is 24.3 Å². The number of hydrogen-bond acceptors (Lipinski definition) is 3. The Balaban J connectivity index is 2.65. The summed E-state index contributed by atoms with van der Waals surface area (Å²) in [5.74, 6) is -1.05. The fraction of sp³-hybridized carbons (Fsp3) is 0.556. The van der Waals surface area contributed by atoms with Gasteiger partial charge in [-0.15, -0.1) is 0 Å². The van der Waals surface area contributed by atoms with Gasteiger partial charge in [0.25, 0.3) is 5.78 Å². The zero-order valence-corrected chi connectivity index (χ0v) is 13.5. The molecule has 0 saturated heterocycles. The van der Waals surface area contributed by atoms with Gasteiger partial charge in [-0.3, -0.25) is 4.79 Å². The van der Waals surface area contributed by atoms with Crippen LogP contribution in [0.15, 0.2) is 30.3 Å². The molecule has 1 atom stereocenters. The van der Waals surface area contributed by atoms with Gasteiger partial charge in [0.05, 0.1) is 6.61 Å². The van der Waals surface area contributed by atoms with Gasteiger partial charge in [-0.05, 0) is 17.8 Å². The van der Waals surface area contributed by atoms with E-state index in [9.17, 15) is 9.59 Å². The Bertz CT molecular complexity index is 461. The van der Waals surface area contributed by atoms with Crippen LogP contribution < -0.4 is 0 Å². The Morgan fingerprint density at radius 1 is 1.10 bits per heavy atom. The highest BCUT2D eigenvalue weighted by Gasteiger charge is 2.31. The lowest BCUT2D eigenvalue weighted by Crippen LogP contribution is -2.31. The molecule has 0 fully saturated rings. The van der Waals surface area contributed by atoms with Crippen LogP contribution in [0.3, 0.4) is 0 Å². The highest BCUT2D eigenvalue weighted by molar-refractivity contribution is 6.40. The van der Waals surface area contributed by atoms with Crippen molar-refractivity contribution in [3.63, 3.8) is 0 Å². The molecule has 3 nitrogen and oxygen atoms in total. The molecule has 0 bridgehead atoms. The van der Waals surface area contributed by atoms with Crippen LogP contribution in [0.5, 0.6) is 0 Å². The monoisotopic (exact) mass is 290 g/mol. The summed E-state index contributed by atoms with van der Waals surface area (Å²) in [7, 11) is 0. The maximum atomic E-state index is 12.0. The third-order valence-electron chi connectivity index (χ3n) is 4.73. The number of carbonyl (C=O) groups is 2. The van der Waals surface area contributed by atoms with Gasteiger partial charge < -0.3 is 4.74 Å². The molecule has 1 rings (SSSR count). The second kappa shape index (κ2) is 7.96. The molecule has 116 valence electrons. The second-order valence-corrected chi connectivity index (χ2v) is 5.76. The van der Waals surface area contributed by atoms with E-state index < -0.39 is 11.8 Å². The van der Waals surface area contributed by atoms with Crippen molar-refractivity contribution in [2.24, 2.45) is 11.3 Å². The first-order valence-corrected chi connectivity index (χ1v) is 7.75. The fourth-order valence-corrected chi connectivity index (χ4v) is 2.59. The summed E-state index contributed by atoms with van der Waals surface area (Å²) in [6.45, 7) is 8.94. The molecule has 0 spiro atoms. The summed E-state index contributed by atoms with van der Waals surface area (Å²) in [5.41, 5.74) is 0.523. The van der Waals surface area contributed by atoms with Gasteiger partial charge in [0.15, 0.2) is 0 Å². The predicted molar refractivity (Wildman–Crippen MR) is 84.2 cm³/mol. The van der Waals surface area contributed by atoms with Gasteiger partial charge in [-0.25, -0.2) is 4.79 Å². The third-order valence-corrected chi connectivity index (χ3v) is 4.73. The first kappa shape index (κ1) is 17.4. The van der Waals surface area contributed by atoms with Crippen LogP contribution in [0.25, 0.3) is 0 Å². The first-order chi connectivity index (χ1) is 9.98. The normalized spacial score (nSPS) is 12.8. The van der Waals surface area contributed by atoms with Gasteiger partial charge in [-0.1, -0.05) is 70.9 Å². The molecule has 1 aromatic carbocycles. The van der Waals surface area contributed by atoms with Crippen molar-refractivity contribution in [2.75, 3.05) is 6.61 Å². The maximum Gasteiger partial charge on any atom is 0.379 e. The summed E-state index contributed by atoms with van der Waals surface area (Å²) >= 11 is 0.